The van der Waals surface area contributed by atoms with Crippen molar-refractivity contribution in [3.8, 4) is 11.3 Å². The quantitative estimate of drug-likeness (QED) is 0.792. The van der Waals surface area contributed by atoms with Crippen molar-refractivity contribution in [2.45, 2.75) is 6.92 Å². The lowest BCUT2D eigenvalue weighted by atomic mass is 10.1. The van der Waals surface area contributed by atoms with E-state index < -0.39 is 0 Å². The van der Waals surface area contributed by atoms with Crippen LogP contribution in [0.2, 0.25) is 0 Å². The number of hydrogen-bond acceptors (Lipinski definition) is 3. The Kier molecular flexibility index (Phi) is 3.10. The molecule has 0 spiro atoms. The minimum Gasteiger partial charge on any atom is -0.291 e. The van der Waals surface area contributed by atoms with Gasteiger partial charge in [-0.2, -0.15) is 0 Å². The van der Waals surface area contributed by atoms with Crippen molar-refractivity contribution in [1.29, 1.82) is 0 Å². The number of hydrogen-bond donors (Lipinski definition) is 0. The monoisotopic (exact) mass is 276 g/mol. The zero-order chi connectivity index (χ0) is 11.5. The van der Waals surface area contributed by atoms with E-state index in [-0.39, 0.29) is 11.6 Å². The van der Waals surface area contributed by atoms with Crippen LogP contribution >= 0.6 is 15.9 Å². The van der Waals surface area contributed by atoms with Crippen LogP contribution in [0.4, 0.5) is 0 Å². The minimum absolute atomic E-state index is 0.131. The summed E-state index contributed by atoms with van der Waals surface area (Å²) in [6.45, 7) is 1.46. The van der Waals surface area contributed by atoms with E-state index in [1.54, 1.807) is 12.3 Å². The molecule has 16 heavy (non-hydrogen) atoms. The summed E-state index contributed by atoms with van der Waals surface area (Å²) in [6, 6.07) is 9.52. The van der Waals surface area contributed by atoms with E-state index in [4.69, 9.17) is 0 Å². The van der Waals surface area contributed by atoms with E-state index in [0.717, 1.165) is 15.7 Å². The van der Waals surface area contributed by atoms with Crippen LogP contribution in [0.15, 0.2) is 41.0 Å². The van der Waals surface area contributed by atoms with E-state index in [1.807, 2.05) is 24.3 Å². The second-order valence-corrected chi connectivity index (χ2v) is 4.16. The minimum atomic E-state index is -0.131. The number of Topliss-reactive ketones (excluding diaryl/α,β-unsaturated/α-hetero) is 1. The fourth-order valence-electron chi connectivity index (χ4n) is 1.35. The highest BCUT2D eigenvalue weighted by Gasteiger charge is 2.07. The molecule has 0 aliphatic carbocycles. The molecule has 0 aliphatic heterocycles. The number of rotatable bonds is 2. The summed E-state index contributed by atoms with van der Waals surface area (Å²) in [5.41, 5.74) is 1.69. The van der Waals surface area contributed by atoms with Gasteiger partial charge in [0.1, 0.15) is 0 Å². The molecule has 0 amide bonds. The molecule has 1 aromatic heterocycles. The molecular weight excluding hydrogens is 268 g/mol. The molecule has 4 heteroatoms. The maximum absolute atomic E-state index is 11.2. The van der Waals surface area contributed by atoms with Crippen molar-refractivity contribution >= 4 is 21.7 Å². The molecule has 1 aromatic carbocycles. The summed E-state index contributed by atoms with van der Waals surface area (Å²) in [6.07, 6.45) is 1.60. The van der Waals surface area contributed by atoms with Gasteiger partial charge in [-0.25, -0.2) is 9.97 Å². The van der Waals surface area contributed by atoms with Crippen LogP contribution < -0.4 is 0 Å². The Morgan fingerprint density at radius 1 is 1.25 bits per heavy atom. The highest BCUT2D eigenvalue weighted by atomic mass is 79.9. The van der Waals surface area contributed by atoms with Gasteiger partial charge in [-0.3, -0.25) is 4.79 Å². The number of halogens is 1. The maximum Gasteiger partial charge on any atom is 0.196 e. The molecule has 0 bridgehead atoms. The lowest BCUT2D eigenvalue weighted by molar-refractivity contribution is 0.100. The zero-order valence-corrected chi connectivity index (χ0v) is 10.2. The molecule has 0 unspecified atom stereocenters. The van der Waals surface area contributed by atoms with E-state index in [0.29, 0.717) is 0 Å². The van der Waals surface area contributed by atoms with Crippen LogP contribution in [0.3, 0.4) is 0 Å². The number of benzene rings is 1. The Balaban J connectivity index is 2.53. The Morgan fingerprint density at radius 2 is 2.00 bits per heavy atom. The third-order valence-electron chi connectivity index (χ3n) is 2.12. The van der Waals surface area contributed by atoms with Gasteiger partial charge in [0, 0.05) is 23.2 Å². The van der Waals surface area contributed by atoms with Gasteiger partial charge < -0.3 is 0 Å². The topological polar surface area (TPSA) is 42.9 Å². The molecule has 3 nitrogen and oxygen atoms in total. The smallest absolute Gasteiger partial charge is 0.196 e. The van der Waals surface area contributed by atoms with Crippen LogP contribution in [0.1, 0.15) is 17.5 Å². The van der Waals surface area contributed by atoms with Crippen LogP contribution in [-0.2, 0) is 0 Å². The summed E-state index contributed by atoms with van der Waals surface area (Å²) in [5, 5.41) is 0. The number of aromatic nitrogens is 2. The van der Waals surface area contributed by atoms with Crippen molar-refractivity contribution in [2.75, 3.05) is 0 Å². The third kappa shape index (κ3) is 2.17. The van der Waals surface area contributed by atoms with Gasteiger partial charge in [-0.15, -0.1) is 0 Å². The molecule has 0 saturated heterocycles. The summed E-state index contributed by atoms with van der Waals surface area (Å²) >= 11 is 3.45. The second-order valence-electron chi connectivity index (χ2n) is 3.30. The average molecular weight is 277 g/mol. The highest BCUT2D eigenvalue weighted by molar-refractivity contribution is 9.10. The van der Waals surface area contributed by atoms with Gasteiger partial charge in [0.25, 0.3) is 0 Å². The highest BCUT2D eigenvalue weighted by Crippen LogP contribution is 2.25. The van der Waals surface area contributed by atoms with Crippen LogP contribution in [0.25, 0.3) is 11.3 Å². The predicted molar refractivity (Wildman–Crippen MR) is 65.2 cm³/mol. The van der Waals surface area contributed by atoms with Crippen LogP contribution in [0.5, 0.6) is 0 Å². The molecule has 0 saturated carbocycles. The molecule has 2 aromatic rings. The summed E-state index contributed by atoms with van der Waals surface area (Å²) in [5.74, 6) is 0.113. The molecule has 0 N–H and O–H groups in total. The maximum atomic E-state index is 11.2. The Hall–Kier alpha value is -1.55. The second kappa shape index (κ2) is 4.53. The van der Waals surface area contributed by atoms with E-state index in [1.165, 1.54) is 6.92 Å². The SMILES string of the molecule is CC(=O)c1nccc(-c2ccccc2Br)n1. The third-order valence-corrected chi connectivity index (χ3v) is 2.81. The van der Waals surface area contributed by atoms with Crippen molar-refractivity contribution in [2.24, 2.45) is 0 Å². The average Bonchev–Trinajstić information content (AvgIpc) is 2.30. The Labute approximate surface area is 102 Å². The molecule has 80 valence electrons. The first-order chi connectivity index (χ1) is 7.68. The van der Waals surface area contributed by atoms with Crippen molar-refractivity contribution in [3.05, 3.63) is 46.8 Å². The lowest BCUT2D eigenvalue weighted by Gasteiger charge is -2.03. The number of nitrogens with zero attached hydrogens (tertiary/aromatic N) is 2. The van der Waals surface area contributed by atoms with Gasteiger partial charge in [0.15, 0.2) is 11.6 Å². The van der Waals surface area contributed by atoms with Gasteiger partial charge in [-0.05, 0) is 12.1 Å². The molecular formula is C12H9BrN2O. The standard InChI is InChI=1S/C12H9BrN2O/c1-8(16)12-14-7-6-11(15-12)9-4-2-3-5-10(9)13/h2-7H,1H3. The van der Waals surface area contributed by atoms with Crippen molar-refractivity contribution < 1.29 is 4.79 Å². The fraction of sp³-hybridized carbons (Fsp3) is 0.0833. The van der Waals surface area contributed by atoms with Crippen molar-refractivity contribution in [1.82, 2.24) is 9.97 Å². The normalized spacial score (nSPS) is 10.1. The number of ketones is 1. The van der Waals surface area contributed by atoms with Gasteiger partial charge in [0.2, 0.25) is 0 Å². The molecule has 0 fully saturated rings. The Bertz CT molecular complexity index is 540. The molecule has 0 radical (unpaired) electrons. The first-order valence-corrected chi connectivity index (χ1v) is 5.56. The van der Waals surface area contributed by atoms with Crippen LogP contribution in [0, 0.1) is 0 Å². The molecule has 0 atom stereocenters. The van der Waals surface area contributed by atoms with E-state index >= 15 is 0 Å². The summed E-state index contributed by atoms with van der Waals surface area (Å²) in [7, 11) is 0. The first-order valence-electron chi connectivity index (χ1n) is 4.77. The van der Waals surface area contributed by atoms with Gasteiger partial charge >= 0.3 is 0 Å². The molecule has 0 aliphatic rings. The molecule has 2 rings (SSSR count). The Morgan fingerprint density at radius 3 is 2.69 bits per heavy atom. The van der Waals surface area contributed by atoms with E-state index in [9.17, 15) is 4.79 Å². The largest absolute Gasteiger partial charge is 0.291 e. The zero-order valence-electron chi connectivity index (χ0n) is 8.64. The van der Waals surface area contributed by atoms with Gasteiger partial charge in [0.05, 0.1) is 5.69 Å². The van der Waals surface area contributed by atoms with Gasteiger partial charge in [-0.1, -0.05) is 34.1 Å². The predicted octanol–water partition coefficient (Wildman–Crippen LogP) is 3.11. The van der Waals surface area contributed by atoms with Crippen LogP contribution in [-0.4, -0.2) is 15.8 Å². The summed E-state index contributed by atoms with van der Waals surface area (Å²) in [4.78, 5) is 19.3. The lowest BCUT2D eigenvalue weighted by Crippen LogP contribution is -2.01. The van der Waals surface area contributed by atoms with E-state index in [2.05, 4.69) is 25.9 Å². The number of carbonyl (C=O) groups excluding carboxylic acids is 1. The first kappa shape index (κ1) is 11.0. The van der Waals surface area contributed by atoms with Crippen molar-refractivity contribution in [3.63, 3.8) is 0 Å². The number of carbonyl (C=O) groups is 1. The summed E-state index contributed by atoms with van der Waals surface area (Å²) < 4.78 is 0.947. The fourth-order valence-corrected chi connectivity index (χ4v) is 1.84. The molecule has 1 heterocycles.